The summed E-state index contributed by atoms with van der Waals surface area (Å²) in [6.07, 6.45) is 3.98. The predicted molar refractivity (Wildman–Crippen MR) is 101 cm³/mol. The van der Waals surface area contributed by atoms with Crippen LogP contribution in [0.4, 0.5) is 0 Å². The standard InChI is InChI=1S/C21H20N2O4/c1-13-3-5-15(27-13)6-8-20(24)23-10-9-19-17(12-23)16-11-14(21(25)26-2)4-7-18(16)22-19/h3-8,11,22H,9-10,12H2,1-2H3/b8-6+. The molecule has 1 N–H and O–H groups in total. The number of nitrogens with zero attached hydrogens (tertiary/aromatic N) is 1. The second kappa shape index (κ2) is 6.79. The zero-order valence-corrected chi connectivity index (χ0v) is 15.2. The Morgan fingerprint density at radius 1 is 1.26 bits per heavy atom. The molecule has 0 atom stereocenters. The van der Waals surface area contributed by atoms with Gasteiger partial charge in [-0.3, -0.25) is 4.79 Å². The van der Waals surface area contributed by atoms with E-state index in [2.05, 4.69) is 4.98 Å². The van der Waals surface area contributed by atoms with Crippen LogP contribution >= 0.6 is 0 Å². The normalized spacial score (nSPS) is 13.9. The first-order valence-electron chi connectivity index (χ1n) is 8.80. The van der Waals surface area contributed by atoms with E-state index in [1.807, 2.05) is 31.2 Å². The molecular formula is C21H20N2O4. The van der Waals surface area contributed by atoms with Gasteiger partial charge in [0.25, 0.3) is 0 Å². The van der Waals surface area contributed by atoms with Gasteiger partial charge in [0, 0.05) is 47.7 Å². The fraction of sp³-hybridized carbons (Fsp3) is 0.238. The summed E-state index contributed by atoms with van der Waals surface area (Å²) < 4.78 is 10.3. The molecule has 0 bridgehead atoms. The van der Waals surface area contributed by atoms with E-state index in [4.69, 9.17) is 9.15 Å². The first-order valence-corrected chi connectivity index (χ1v) is 8.80. The van der Waals surface area contributed by atoms with E-state index in [0.717, 1.165) is 34.3 Å². The van der Waals surface area contributed by atoms with Crippen molar-refractivity contribution in [2.75, 3.05) is 13.7 Å². The fourth-order valence-electron chi connectivity index (χ4n) is 3.45. The zero-order chi connectivity index (χ0) is 19.0. The lowest BCUT2D eigenvalue weighted by Crippen LogP contribution is -2.34. The second-order valence-corrected chi connectivity index (χ2v) is 6.63. The Hall–Kier alpha value is -3.28. The van der Waals surface area contributed by atoms with Crippen LogP contribution in [0.3, 0.4) is 0 Å². The average molecular weight is 364 g/mol. The lowest BCUT2D eigenvalue weighted by atomic mass is 10.0. The molecule has 3 aromatic rings. The van der Waals surface area contributed by atoms with Crippen molar-refractivity contribution in [3.8, 4) is 0 Å². The summed E-state index contributed by atoms with van der Waals surface area (Å²) in [5.74, 6) is 1.04. The highest BCUT2D eigenvalue weighted by Crippen LogP contribution is 2.29. The summed E-state index contributed by atoms with van der Waals surface area (Å²) in [5.41, 5.74) is 3.63. The number of rotatable bonds is 3. The molecule has 6 heteroatoms. The number of ether oxygens (including phenoxy) is 1. The van der Waals surface area contributed by atoms with Crippen molar-refractivity contribution < 1.29 is 18.7 Å². The van der Waals surface area contributed by atoms with Crippen LogP contribution in [-0.2, 0) is 22.5 Å². The smallest absolute Gasteiger partial charge is 0.337 e. The average Bonchev–Trinajstić information content (AvgIpc) is 3.27. The van der Waals surface area contributed by atoms with Gasteiger partial charge in [-0.1, -0.05) is 0 Å². The van der Waals surface area contributed by atoms with Crippen LogP contribution in [0.2, 0.25) is 0 Å². The summed E-state index contributed by atoms with van der Waals surface area (Å²) in [4.78, 5) is 29.6. The monoisotopic (exact) mass is 364 g/mol. The number of nitrogens with one attached hydrogen (secondary N) is 1. The number of furan rings is 1. The summed E-state index contributed by atoms with van der Waals surface area (Å²) >= 11 is 0. The van der Waals surface area contributed by atoms with Crippen LogP contribution in [0.15, 0.2) is 40.8 Å². The molecule has 2 aromatic heterocycles. The number of carbonyl (C=O) groups excluding carboxylic acids is 2. The maximum atomic E-state index is 12.6. The molecule has 0 radical (unpaired) electrons. The van der Waals surface area contributed by atoms with Crippen molar-refractivity contribution in [2.24, 2.45) is 0 Å². The zero-order valence-electron chi connectivity index (χ0n) is 15.2. The first kappa shape index (κ1) is 17.1. The van der Waals surface area contributed by atoms with Gasteiger partial charge in [0.15, 0.2) is 0 Å². The number of H-pyrrole nitrogens is 1. The summed E-state index contributed by atoms with van der Waals surface area (Å²) in [5, 5.41) is 0.955. The number of carbonyl (C=O) groups is 2. The van der Waals surface area contributed by atoms with E-state index in [1.54, 1.807) is 17.0 Å². The highest BCUT2D eigenvalue weighted by molar-refractivity contribution is 5.97. The van der Waals surface area contributed by atoms with Gasteiger partial charge < -0.3 is 19.0 Å². The van der Waals surface area contributed by atoms with Crippen LogP contribution < -0.4 is 0 Å². The van der Waals surface area contributed by atoms with Crippen molar-refractivity contribution in [1.82, 2.24) is 9.88 Å². The Bertz CT molecular complexity index is 1060. The van der Waals surface area contributed by atoms with Gasteiger partial charge in [-0.15, -0.1) is 0 Å². The lowest BCUT2D eigenvalue weighted by molar-refractivity contribution is -0.126. The minimum atomic E-state index is -0.368. The number of esters is 1. The lowest BCUT2D eigenvalue weighted by Gasteiger charge is -2.26. The molecule has 1 aliphatic heterocycles. The predicted octanol–water partition coefficient (Wildman–Crippen LogP) is 3.45. The molecule has 6 nitrogen and oxygen atoms in total. The van der Waals surface area contributed by atoms with E-state index in [0.29, 0.717) is 24.4 Å². The first-order chi connectivity index (χ1) is 13.0. The van der Waals surface area contributed by atoms with Gasteiger partial charge >= 0.3 is 5.97 Å². The molecule has 0 saturated carbocycles. The molecule has 27 heavy (non-hydrogen) atoms. The van der Waals surface area contributed by atoms with Crippen LogP contribution in [0, 0.1) is 6.92 Å². The molecule has 138 valence electrons. The van der Waals surface area contributed by atoms with Crippen LogP contribution in [-0.4, -0.2) is 35.4 Å². The van der Waals surface area contributed by atoms with E-state index in [-0.39, 0.29) is 11.9 Å². The molecule has 4 rings (SSSR count). The Morgan fingerprint density at radius 2 is 2.11 bits per heavy atom. The largest absolute Gasteiger partial charge is 0.465 e. The molecule has 1 aromatic carbocycles. The van der Waals surface area contributed by atoms with Crippen molar-refractivity contribution in [1.29, 1.82) is 0 Å². The Kier molecular flexibility index (Phi) is 4.32. The number of amides is 1. The number of methoxy groups -OCH3 is 1. The van der Waals surface area contributed by atoms with Gasteiger partial charge in [0.1, 0.15) is 11.5 Å². The molecular weight excluding hydrogens is 344 g/mol. The van der Waals surface area contributed by atoms with Crippen molar-refractivity contribution >= 4 is 28.9 Å². The Balaban J connectivity index is 1.58. The van der Waals surface area contributed by atoms with Crippen molar-refractivity contribution in [2.45, 2.75) is 19.9 Å². The van der Waals surface area contributed by atoms with Gasteiger partial charge in [-0.05, 0) is 43.3 Å². The second-order valence-electron chi connectivity index (χ2n) is 6.63. The van der Waals surface area contributed by atoms with Gasteiger partial charge in [-0.2, -0.15) is 0 Å². The highest BCUT2D eigenvalue weighted by Gasteiger charge is 2.23. The Morgan fingerprint density at radius 3 is 2.85 bits per heavy atom. The highest BCUT2D eigenvalue weighted by atomic mass is 16.5. The number of hydrogen-bond donors (Lipinski definition) is 1. The minimum absolute atomic E-state index is 0.0619. The molecule has 0 saturated heterocycles. The number of aromatic nitrogens is 1. The van der Waals surface area contributed by atoms with E-state index >= 15 is 0 Å². The molecule has 0 aliphatic carbocycles. The molecule has 0 unspecified atom stereocenters. The minimum Gasteiger partial charge on any atom is -0.465 e. The number of benzene rings is 1. The van der Waals surface area contributed by atoms with Gasteiger partial charge in [0.05, 0.1) is 12.7 Å². The fourth-order valence-corrected chi connectivity index (χ4v) is 3.45. The van der Waals surface area contributed by atoms with Crippen molar-refractivity contribution in [3.05, 3.63) is 64.7 Å². The third kappa shape index (κ3) is 3.26. The number of fused-ring (bicyclic) bond motifs is 3. The van der Waals surface area contributed by atoms with Gasteiger partial charge in [-0.25, -0.2) is 4.79 Å². The summed E-state index contributed by atoms with van der Waals surface area (Å²) in [7, 11) is 1.37. The molecule has 1 aliphatic rings. The maximum Gasteiger partial charge on any atom is 0.337 e. The summed E-state index contributed by atoms with van der Waals surface area (Å²) in [6, 6.07) is 9.15. The topological polar surface area (TPSA) is 75.5 Å². The maximum absolute atomic E-state index is 12.6. The third-order valence-corrected chi connectivity index (χ3v) is 4.86. The van der Waals surface area contributed by atoms with Crippen LogP contribution in [0.5, 0.6) is 0 Å². The Labute approximate surface area is 156 Å². The van der Waals surface area contributed by atoms with Crippen LogP contribution in [0.1, 0.15) is 33.1 Å². The van der Waals surface area contributed by atoms with Crippen molar-refractivity contribution in [3.63, 3.8) is 0 Å². The van der Waals surface area contributed by atoms with E-state index in [1.165, 1.54) is 13.2 Å². The number of aromatic amines is 1. The van der Waals surface area contributed by atoms with Gasteiger partial charge in [0.2, 0.25) is 5.91 Å². The summed E-state index contributed by atoms with van der Waals surface area (Å²) in [6.45, 7) is 3.01. The van der Waals surface area contributed by atoms with E-state index < -0.39 is 0 Å². The SMILES string of the molecule is COC(=O)c1ccc2[nH]c3c(c2c1)CN(C(=O)/C=C/c1ccc(C)o1)CC3. The molecule has 0 spiro atoms. The molecule has 1 amide bonds. The number of aryl methyl sites for hydroxylation is 1. The van der Waals surface area contributed by atoms with E-state index in [9.17, 15) is 9.59 Å². The molecule has 0 fully saturated rings. The number of hydrogen-bond acceptors (Lipinski definition) is 4. The van der Waals surface area contributed by atoms with Crippen LogP contribution in [0.25, 0.3) is 17.0 Å². The quantitative estimate of drug-likeness (QED) is 0.570. The molecule has 3 heterocycles. The third-order valence-electron chi connectivity index (χ3n) is 4.86.